The fraction of sp³-hybridized carbons (Fsp3) is 0.318. The van der Waals surface area contributed by atoms with Crippen LogP contribution in [0.2, 0.25) is 0 Å². The summed E-state index contributed by atoms with van der Waals surface area (Å²) in [7, 11) is 0. The minimum absolute atomic E-state index is 0.0269. The van der Waals surface area contributed by atoms with Crippen LogP contribution in [0.3, 0.4) is 0 Å². The van der Waals surface area contributed by atoms with Gasteiger partial charge in [-0.2, -0.15) is 4.37 Å². The summed E-state index contributed by atoms with van der Waals surface area (Å²) in [4.78, 5) is 21.6. The molecule has 0 saturated carbocycles. The molecule has 3 aromatic rings. The molecule has 0 aliphatic carbocycles. The molecule has 1 aliphatic heterocycles. The Hall–Kier alpha value is -2.29. The van der Waals surface area contributed by atoms with Gasteiger partial charge in [0.05, 0.1) is 0 Å². The third-order valence-corrected chi connectivity index (χ3v) is 6.47. The maximum absolute atomic E-state index is 12.2. The molecule has 6 nitrogen and oxygen atoms in total. The van der Waals surface area contributed by atoms with Crippen LogP contribution < -0.4 is 10.2 Å². The van der Waals surface area contributed by atoms with Crippen LogP contribution in [0, 0.1) is 0 Å². The number of aromatic nitrogens is 2. The van der Waals surface area contributed by atoms with Crippen LogP contribution >= 0.6 is 27.5 Å². The normalized spacial score (nSPS) is 14.6. The number of hydrogen-bond acceptors (Lipinski definition) is 6. The Balaban J connectivity index is 1.20. The second-order valence-electron chi connectivity index (χ2n) is 7.25. The van der Waals surface area contributed by atoms with Gasteiger partial charge in [-0.1, -0.05) is 46.3 Å². The van der Waals surface area contributed by atoms with Crippen molar-refractivity contribution in [2.24, 2.45) is 0 Å². The Bertz CT molecular complexity index is 955. The highest BCUT2D eigenvalue weighted by molar-refractivity contribution is 9.10. The number of carbonyl (C=O) groups is 1. The summed E-state index contributed by atoms with van der Waals surface area (Å²) in [6.45, 7) is 5.28. The molecule has 1 N–H and O–H groups in total. The Kier molecular flexibility index (Phi) is 7.09. The van der Waals surface area contributed by atoms with Gasteiger partial charge in [-0.3, -0.25) is 9.69 Å². The van der Waals surface area contributed by atoms with Crippen LogP contribution in [-0.4, -0.2) is 59.4 Å². The van der Waals surface area contributed by atoms with Crippen molar-refractivity contribution in [1.29, 1.82) is 0 Å². The highest BCUT2D eigenvalue weighted by atomic mass is 79.9. The van der Waals surface area contributed by atoms with Crippen molar-refractivity contribution < 1.29 is 4.79 Å². The monoisotopic (exact) mass is 485 g/mol. The van der Waals surface area contributed by atoms with Crippen molar-refractivity contribution in [3.8, 4) is 0 Å². The lowest BCUT2D eigenvalue weighted by Gasteiger charge is -2.34. The van der Waals surface area contributed by atoms with E-state index in [0.717, 1.165) is 54.6 Å². The first-order chi connectivity index (χ1) is 14.7. The molecular weight excluding hydrogens is 462 g/mol. The molecule has 156 valence electrons. The summed E-state index contributed by atoms with van der Waals surface area (Å²) in [6.07, 6.45) is 0.773. The van der Waals surface area contributed by atoms with Gasteiger partial charge in [0, 0.05) is 67.3 Å². The van der Waals surface area contributed by atoms with E-state index in [1.165, 1.54) is 17.1 Å². The predicted molar refractivity (Wildman–Crippen MR) is 124 cm³/mol. The van der Waals surface area contributed by atoms with E-state index < -0.39 is 0 Å². The van der Waals surface area contributed by atoms with E-state index in [-0.39, 0.29) is 5.91 Å². The van der Waals surface area contributed by atoms with E-state index in [2.05, 4.69) is 47.6 Å². The van der Waals surface area contributed by atoms with E-state index in [1.54, 1.807) is 0 Å². The smallest absolute Gasteiger partial charge is 0.251 e. The van der Waals surface area contributed by atoms with Gasteiger partial charge in [0.1, 0.15) is 5.82 Å². The summed E-state index contributed by atoms with van der Waals surface area (Å²) in [6, 6.07) is 17.7. The molecule has 8 heteroatoms. The van der Waals surface area contributed by atoms with Crippen LogP contribution in [0.4, 0.5) is 5.13 Å². The van der Waals surface area contributed by atoms with Crippen LogP contribution in [0.1, 0.15) is 21.7 Å². The van der Waals surface area contributed by atoms with Gasteiger partial charge < -0.3 is 10.2 Å². The molecule has 2 aromatic carbocycles. The number of hydrogen-bond donors (Lipinski definition) is 1. The largest absolute Gasteiger partial charge is 0.351 e. The molecule has 30 heavy (non-hydrogen) atoms. The number of benzene rings is 2. The molecule has 0 unspecified atom stereocenters. The van der Waals surface area contributed by atoms with Gasteiger partial charge >= 0.3 is 0 Å². The Morgan fingerprint density at radius 3 is 2.50 bits per heavy atom. The quantitative estimate of drug-likeness (QED) is 0.555. The van der Waals surface area contributed by atoms with Crippen molar-refractivity contribution in [2.45, 2.75) is 6.42 Å². The SMILES string of the molecule is O=C(NCCN1CCN(c2nc(Cc3ccccc3)ns2)CC1)c1ccc(Br)cc1. The summed E-state index contributed by atoms with van der Waals surface area (Å²) >= 11 is 4.87. The predicted octanol–water partition coefficient (Wildman–Crippen LogP) is 3.44. The Labute approximate surface area is 189 Å². The van der Waals surface area contributed by atoms with Crippen molar-refractivity contribution >= 4 is 38.5 Å². The highest BCUT2D eigenvalue weighted by Gasteiger charge is 2.20. The molecular formula is C22H24BrN5OS. The zero-order valence-corrected chi connectivity index (χ0v) is 19.0. The van der Waals surface area contributed by atoms with E-state index in [1.807, 2.05) is 42.5 Å². The molecule has 1 amide bonds. The summed E-state index contributed by atoms with van der Waals surface area (Å²) < 4.78 is 5.51. The van der Waals surface area contributed by atoms with E-state index in [4.69, 9.17) is 4.98 Å². The summed E-state index contributed by atoms with van der Waals surface area (Å²) in [5.41, 5.74) is 1.92. The van der Waals surface area contributed by atoms with Crippen LogP contribution in [-0.2, 0) is 6.42 Å². The lowest BCUT2D eigenvalue weighted by Crippen LogP contribution is -2.48. The second-order valence-corrected chi connectivity index (χ2v) is 8.89. The van der Waals surface area contributed by atoms with Crippen molar-refractivity contribution in [1.82, 2.24) is 19.6 Å². The third-order valence-electron chi connectivity index (χ3n) is 5.13. The number of rotatable bonds is 7. The molecule has 0 spiro atoms. The van der Waals surface area contributed by atoms with E-state index in [9.17, 15) is 4.79 Å². The molecule has 2 heterocycles. The Morgan fingerprint density at radius 1 is 1.03 bits per heavy atom. The number of halogens is 1. The second kappa shape index (κ2) is 10.1. The zero-order chi connectivity index (χ0) is 20.8. The molecule has 4 rings (SSSR count). The Morgan fingerprint density at radius 2 is 1.77 bits per heavy atom. The average molecular weight is 486 g/mol. The number of carbonyl (C=O) groups excluding carboxylic acids is 1. The van der Waals surface area contributed by atoms with Crippen molar-refractivity contribution in [3.63, 3.8) is 0 Å². The van der Waals surface area contributed by atoms with Gasteiger partial charge in [0.2, 0.25) is 5.13 Å². The fourth-order valence-corrected chi connectivity index (χ4v) is 4.42. The zero-order valence-electron chi connectivity index (χ0n) is 16.6. The number of nitrogens with zero attached hydrogens (tertiary/aromatic N) is 4. The van der Waals surface area contributed by atoms with Gasteiger partial charge in [-0.05, 0) is 29.8 Å². The van der Waals surface area contributed by atoms with Crippen molar-refractivity contribution in [3.05, 3.63) is 76.0 Å². The summed E-state index contributed by atoms with van der Waals surface area (Å²) in [5, 5.41) is 4.01. The number of nitrogens with one attached hydrogen (secondary N) is 1. The molecule has 1 aliphatic rings. The maximum atomic E-state index is 12.2. The average Bonchev–Trinajstić information content (AvgIpc) is 3.24. The first-order valence-corrected chi connectivity index (χ1v) is 11.6. The van der Waals surface area contributed by atoms with E-state index in [0.29, 0.717) is 12.1 Å². The van der Waals surface area contributed by atoms with Gasteiger partial charge in [0.25, 0.3) is 5.91 Å². The first kappa shape index (κ1) is 21.0. The van der Waals surface area contributed by atoms with Crippen LogP contribution in [0.15, 0.2) is 59.1 Å². The van der Waals surface area contributed by atoms with Crippen LogP contribution in [0.5, 0.6) is 0 Å². The molecule has 0 radical (unpaired) electrons. The topological polar surface area (TPSA) is 61.4 Å². The van der Waals surface area contributed by atoms with Crippen molar-refractivity contribution in [2.75, 3.05) is 44.2 Å². The molecule has 1 aromatic heterocycles. The molecule has 1 saturated heterocycles. The van der Waals surface area contributed by atoms with E-state index >= 15 is 0 Å². The maximum Gasteiger partial charge on any atom is 0.251 e. The summed E-state index contributed by atoms with van der Waals surface area (Å²) in [5.74, 6) is 0.861. The number of amides is 1. The lowest BCUT2D eigenvalue weighted by molar-refractivity contribution is 0.0948. The number of anilines is 1. The standard InChI is InChI=1S/C22H24BrN5OS/c23-19-8-6-18(7-9-19)21(29)24-10-11-27-12-14-28(15-13-27)22-25-20(26-30-22)16-17-4-2-1-3-5-17/h1-9H,10-16H2,(H,24,29). The lowest BCUT2D eigenvalue weighted by atomic mass is 10.1. The minimum Gasteiger partial charge on any atom is -0.351 e. The highest BCUT2D eigenvalue weighted by Crippen LogP contribution is 2.20. The minimum atomic E-state index is -0.0269. The van der Waals surface area contributed by atoms with Crippen LogP contribution in [0.25, 0.3) is 0 Å². The van der Waals surface area contributed by atoms with Gasteiger partial charge in [-0.25, -0.2) is 4.98 Å². The number of piperazine rings is 1. The molecule has 0 bridgehead atoms. The molecule has 0 atom stereocenters. The fourth-order valence-electron chi connectivity index (χ4n) is 3.42. The van der Waals surface area contributed by atoms with Gasteiger partial charge in [0.15, 0.2) is 0 Å². The van der Waals surface area contributed by atoms with Gasteiger partial charge in [-0.15, -0.1) is 0 Å². The third kappa shape index (κ3) is 5.65. The first-order valence-electron chi connectivity index (χ1n) is 10.0. The molecule has 1 fully saturated rings.